The van der Waals surface area contributed by atoms with Crippen molar-refractivity contribution in [2.24, 2.45) is 5.84 Å². The molecule has 1 heterocycles. The molecule has 94 valence electrons. The molecule has 2 aromatic rings. The molecule has 0 fully saturated rings. The lowest BCUT2D eigenvalue weighted by Gasteiger charge is -2.19. The summed E-state index contributed by atoms with van der Waals surface area (Å²) in [4.78, 5) is 4.20. The Morgan fingerprint density at radius 1 is 1.28 bits per heavy atom. The Morgan fingerprint density at radius 3 is 2.78 bits per heavy atom. The molecule has 4 nitrogen and oxygen atoms in total. The largest absolute Gasteiger partial charge is 0.481 e. The van der Waals surface area contributed by atoms with E-state index in [-0.39, 0.29) is 6.04 Å². The lowest BCUT2D eigenvalue weighted by Crippen LogP contribution is -2.29. The number of nitrogens with zero attached hydrogens (tertiary/aromatic N) is 1. The molecular weight excluding hydrogens is 226 g/mol. The van der Waals surface area contributed by atoms with Crippen molar-refractivity contribution in [2.75, 3.05) is 7.11 Å². The number of ether oxygens (including phenoxy) is 1. The maximum Gasteiger partial charge on any atom is 0.218 e. The summed E-state index contributed by atoms with van der Waals surface area (Å²) in [5, 5.41) is 0. The van der Waals surface area contributed by atoms with Crippen LogP contribution in [0.3, 0.4) is 0 Å². The van der Waals surface area contributed by atoms with Gasteiger partial charge in [-0.15, -0.1) is 0 Å². The molecule has 0 amide bonds. The van der Waals surface area contributed by atoms with Crippen molar-refractivity contribution in [3.05, 3.63) is 59.3 Å². The van der Waals surface area contributed by atoms with Crippen LogP contribution in [0, 0.1) is 6.92 Å². The fraction of sp³-hybridized carbons (Fsp3) is 0.214. The number of rotatable bonds is 4. The number of hydrogen-bond acceptors (Lipinski definition) is 4. The number of nitrogens with two attached hydrogens (primary N) is 1. The van der Waals surface area contributed by atoms with Crippen LogP contribution in [0.2, 0.25) is 0 Å². The van der Waals surface area contributed by atoms with E-state index >= 15 is 0 Å². The molecule has 0 saturated heterocycles. The molecule has 18 heavy (non-hydrogen) atoms. The molecule has 1 aromatic heterocycles. The van der Waals surface area contributed by atoms with Crippen molar-refractivity contribution in [2.45, 2.75) is 13.0 Å². The molecule has 0 aliphatic carbocycles. The summed E-state index contributed by atoms with van der Waals surface area (Å²) in [6, 6.07) is 11.9. The van der Waals surface area contributed by atoms with Crippen molar-refractivity contribution in [3.63, 3.8) is 0 Å². The Hall–Kier alpha value is -1.91. The second-order valence-corrected chi connectivity index (χ2v) is 4.12. The number of methoxy groups -OCH3 is 1. The molecule has 0 spiro atoms. The molecule has 4 heteroatoms. The van der Waals surface area contributed by atoms with Crippen LogP contribution < -0.4 is 16.0 Å². The van der Waals surface area contributed by atoms with E-state index in [9.17, 15) is 0 Å². The predicted octanol–water partition coefficient (Wildman–Crippen LogP) is 1.95. The van der Waals surface area contributed by atoms with Crippen LogP contribution >= 0.6 is 0 Å². The number of benzene rings is 1. The topological polar surface area (TPSA) is 60.2 Å². The third-order valence-corrected chi connectivity index (χ3v) is 2.85. The van der Waals surface area contributed by atoms with Crippen molar-refractivity contribution in [1.29, 1.82) is 0 Å². The quantitative estimate of drug-likeness (QED) is 0.636. The lowest BCUT2D eigenvalue weighted by atomic mass is 9.99. The first-order valence-corrected chi connectivity index (χ1v) is 5.78. The van der Waals surface area contributed by atoms with Crippen molar-refractivity contribution in [1.82, 2.24) is 10.4 Å². The SMILES string of the molecule is COc1ncccc1C(NN)c1cccc(C)c1. The first kappa shape index (κ1) is 12.5. The monoisotopic (exact) mass is 243 g/mol. The van der Waals surface area contributed by atoms with Gasteiger partial charge in [-0.25, -0.2) is 10.4 Å². The van der Waals surface area contributed by atoms with E-state index in [1.807, 2.05) is 24.3 Å². The lowest BCUT2D eigenvalue weighted by molar-refractivity contribution is 0.387. The molecule has 1 unspecified atom stereocenters. The number of aryl methyl sites for hydroxylation is 1. The van der Waals surface area contributed by atoms with E-state index in [0.717, 1.165) is 11.1 Å². The van der Waals surface area contributed by atoms with Gasteiger partial charge in [0.25, 0.3) is 0 Å². The summed E-state index contributed by atoms with van der Waals surface area (Å²) < 4.78 is 5.27. The summed E-state index contributed by atoms with van der Waals surface area (Å²) in [6.45, 7) is 2.05. The highest BCUT2D eigenvalue weighted by Gasteiger charge is 2.17. The van der Waals surface area contributed by atoms with Gasteiger partial charge < -0.3 is 4.74 Å². The molecule has 0 bridgehead atoms. The van der Waals surface area contributed by atoms with E-state index in [2.05, 4.69) is 29.5 Å². The maximum absolute atomic E-state index is 5.68. The first-order chi connectivity index (χ1) is 8.76. The number of hydrazine groups is 1. The minimum Gasteiger partial charge on any atom is -0.481 e. The Bertz CT molecular complexity index is 528. The summed E-state index contributed by atoms with van der Waals surface area (Å²) in [7, 11) is 1.61. The van der Waals surface area contributed by atoms with Crippen LogP contribution in [0.25, 0.3) is 0 Å². The molecular formula is C14H17N3O. The van der Waals surface area contributed by atoms with Crippen LogP contribution in [0.15, 0.2) is 42.6 Å². The zero-order valence-corrected chi connectivity index (χ0v) is 10.6. The van der Waals surface area contributed by atoms with E-state index in [1.165, 1.54) is 5.56 Å². The number of pyridine rings is 1. The van der Waals surface area contributed by atoms with Crippen LogP contribution in [0.5, 0.6) is 5.88 Å². The van der Waals surface area contributed by atoms with Crippen molar-refractivity contribution >= 4 is 0 Å². The molecule has 1 atom stereocenters. The van der Waals surface area contributed by atoms with Crippen molar-refractivity contribution < 1.29 is 4.74 Å². The second-order valence-electron chi connectivity index (χ2n) is 4.12. The maximum atomic E-state index is 5.68. The Labute approximate surface area is 107 Å². The van der Waals surface area contributed by atoms with Gasteiger partial charge in [0.1, 0.15) is 0 Å². The van der Waals surface area contributed by atoms with Gasteiger partial charge in [0.05, 0.1) is 13.2 Å². The van der Waals surface area contributed by atoms with Crippen LogP contribution in [-0.4, -0.2) is 12.1 Å². The van der Waals surface area contributed by atoms with Gasteiger partial charge in [-0.1, -0.05) is 35.9 Å². The summed E-state index contributed by atoms with van der Waals surface area (Å²) in [5.41, 5.74) is 6.02. The Kier molecular flexibility index (Phi) is 3.92. The van der Waals surface area contributed by atoms with Gasteiger partial charge in [-0.05, 0) is 18.6 Å². The average molecular weight is 243 g/mol. The van der Waals surface area contributed by atoms with Gasteiger partial charge in [0, 0.05) is 11.8 Å². The zero-order chi connectivity index (χ0) is 13.0. The minimum atomic E-state index is -0.131. The molecule has 2 rings (SSSR count). The van der Waals surface area contributed by atoms with Crippen molar-refractivity contribution in [3.8, 4) is 5.88 Å². The number of nitrogens with one attached hydrogen (secondary N) is 1. The van der Waals surface area contributed by atoms with Gasteiger partial charge in [0.15, 0.2) is 0 Å². The summed E-state index contributed by atoms with van der Waals surface area (Å²) in [6.07, 6.45) is 1.70. The Morgan fingerprint density at radius 2 is 2.11 bits per heavy atom. The van der Waals surface area contributed by atoms with E-state index in [1.54, 1.807) is 13.3 Å². The smallest absolute Gasteiger partial charge is 0.218 e. The van der Waals surface area contributed by atoms with E-state index in [0.29, 0.717) is 5.88 Å². The van der Waals surface area contributed by atoms with E-state index < -0.39 is 0 Å². The third kappa shape index (κ3) is 2.50. The molecule has 0 radical (unpaired) electrons. The average Bonchev–Trinajstić information content (AvgIpc) is 2.40. The molecule has 0 aliphatic rings. The highest BCUT2D eigenvalue weighted by Crippen LogP contribution is 2.27. The zero-order valence-electron chi connectivity index (χ0n) is 10.6. The summed E-state index contributed by atoms with van der Waals surface area (Å²) in [5.74, 6) is 6.26. The Balaban J connectivity index is 2.45. The normalized spacial score (nSPS) is 12.2. The third-order valence-electron chi connectivity index (χ3n) is 2.85. The standard InChI is InChI=1S/C14H17N3O/c1-10-5-3-6-11(9-10)13(17-15)12-7-4-8-16-14(12)18-2/h3-9,13,17H,15H2,1-2H3. The molecule has 3 N–H and O–H groups in total. The van der Waals surface area contributed by atoms with E-state index in [4.69, 9.17) is 10.6 Å². The van der Waals surface area contributed by atoms with Gasteiger partial charge in [-0.3, -0.25) is 5.84 Å². The fourth-order valence-corrected chi connectivity index (χ4v) is 2.01. The van der Waals surface area contributed by atoms with Crippen LogP contribution in [0.1, 0.15) is 22.7 Å². The molecule has 0 aliphatic heterocycles. The van der Waals surface area contributed by atoms with Gasteiger partial charge in [0.2, 0.25) is 5.88 Å². The summed E-state index contributed by atoms with van der Waals surface area (Å²) >= 11 is 0. The number of aromatic nitrogens is 1. The minimum absolute atomic E-state index is 0.131. The highest BCUT2D eigenvalue weighted by molar-refractivity contribution is 5.38. The number of hydrogen-bond donors (Lipinski definition) is 2. The molecule has 0 saturated carbocycles. The molecule has 1 aromatic carbocycles. The highest BCUT2D eigenvalue weighted by atomic mass is 16.5. The second kappa shape index (κ2) is 5.62. The van der Waals surface area contributed by atoms with Crippen LogP contribution in [-0.2, 0) is 0 Å². The van der Waals surface area contributed by atoms with Gasteiger partial charge in [-0.2, -0.15) is 0 Å². The first-order valence-electron chi connectivity index (χ1n) is 5.78. The van der Waals surface area contributed by atoms with Gasteiger partial charge >= 0.3 is 0 Å². The predicted molar refractivity (Wildman–Crippen MR) is 71.1 cm³/mol. The van der Waals surface area contributed by atoms with Crippen LogP contribution in [0.4, 0.5) is 0 Å². The fourth-order valence-electron chi connectivity index (χ4n) is 2.01.